The molecule has 1 aliphatic heterocycles. The molecule has 1 fully saturated rings. The molecule has 30 heavy (non-hydrogen) atoms. The number of hydrogen-bond donors (Lipinski definition) is 0. The summed E-state index contributed by atoms with van der Waals surface area (Å²) >= 11 is 0. The van der Waals surface area contributed by atoms with Crippen LogP contribution in [0.3, 0.4) is 0 Å². The summed E-state index contributed by atoms with van der Waals surface area (Å²) in [5.74, 6) is 1.13. The second-order valence-corrected chi connectivity index (χ2v) is 7.60. The van der Waals surface area contributed by atoms with Crippen molar-refractivity contribution in [2.45, 2.75) is 12.5 Å². The van der Waals surface area contributed by atoms with E-state index in [1.807, 2.05) is 17.2 Å². The Morgan fingerprint density at radius 3 is 2.93 bits per heavy atom. The minimum absolute atomic E-state index is 0.113. The van der Waals surface area contributed by atoms with Crippen LogP contribution in [0.5, 0.6) is 0 Å². The Hall–Kier alpha value is -3.82. The van der Waals surface area contributed by atoms with Gasteiger partial charge in [0.15, 0.2) is 17.0 Å². The molecule has 6 rings (SSSR count). The molecule has 0 unspecified atom stereocenters. The number of imidazole rings is 1. The van der Waals surface area contributed by atoms with E-state index >= 15 is 0 Å². The second kappa shape index (κ2) is 6.09. The van der Waals surface area contributed by atoms with Gasteiger partial charge in [-0.1, -0.05) is 11.2 Å². The van der Waals surface area contributed by atoms with E-state index < -0.39 is 0 Å². The van der Waals surface area contributed by atoms with Crippen molar-refractivity contribution in [1.82, 2.24) is 29.2 Å². The van der Waals surface area contributed by atoms with Crippen LogP contribution in [0, 0.1) is 11.7 Å². The Morgan fingerprint density at radius 2 is 2.13 bits per heavy atom. The van der Waals surface area contributed by atoms with Gasteiger partial charge in [0.1, 0.15) is 18.7 Å². The molecule has 150 valence electrons. The van der Waals surface area contributed by atoms with Gasteiger partial charge in [0.2, 0.25) is 5.89 Å². The number of anilines is 1. The van der Waals surface area contributed by atoms with Crippen LogP contribution in [-0.2, 0) is 13.6 Å². The number of hydrogen-bond acceptors (Lipinski definition) is 7. The molecule has 1 aliphatic carbocycles. The van der Waals surface area contributed by atoms with E-state index in [2.05, 4.69) is 20.1 Å². The van der Waals surface area contributed by atoms with Crippen LogP contribution in [0.2, 0.25) is 0 Å². The molecule has 2 aliphatic rings. The van der Waals surface area contributed by atoms with E-state index in [0.717, 1.165) is 12.2 Å². The third-order valence-corrected chi connectivity index (χ3v) is 5.69. The first-order valence-corrected chi connectivity index (χ1v) is 9.51. The summed E-state index contributed by atoms with van der Waals surface area (Å²) in [6.07, 6.45) is 5.03. The van der Waals surface area contributed by atoms with Crippen molar-refractivity contribution in [3.05, 3.63) is 76.6 Å². The molecule has 10 heteroatoms. The minimum atomic E-state index is -0.250. The van der Waals surface area contributed by atoms with E-state index in [-0.39, 0.29) is 23.8 Å². The Kier molecular flexibility index (Phi) is 3.46. The van der Waals surface area contributed by atoms with Crippen LogP contribution in [-0.4, -0.2) is 35.8 Å². The normalized spacial score (nSPS) is 19.9. The Morgan fingerprint density at radius 1 is 1.27 bits per heavy atom. The summed E-state index contributed by atoms with van der Waals surface area (Å²) in [6, 6.07) is 6.55. The summed E-state index contributed by atoms with van der Waals surface area (Å²) in [5.41, 5.74) is 2.67. The Bertz CT molecular complexity index is 1390. The van der Waals surface area contributed by atoms with E-state index in [9.17, 15) is 9.18 Å². The smallest absolute Gasteiger partial charge is 0.280 e. The molecule has 0 saturated heterocycles. The largest absolute Gasteiger partial charge is 0.347 e. The van der Waals surface area contributed by atoms with Crippen molar-refractivity contribution in [2.24, 2.45) is 13.0 Å². The number of aromatic nitrogens is 6. The standard InChI is InChI=1S/C20H16FN7O2/c1-26-9-22-19-17(26)20(29)28(10-23-19)8-15-24-18(25-30-15)16-13-6-27(7-14(13)16)12-4-2-3-11(21)5-12/h2-6,9-10,14,16H,7-8H2,1H3/t14-,16-/m0/s1. The molecule has 0 N–H and O–H groups in total. The first kappa shape index (κ1) is 17.1. The van der Waals surface area contributed by atoms with Crippen molar-refractivity contribution >= 4 is 16.9 Å². The Balaban J connectivity index is 1.21. The van der Waals surface area contributed by atoms with Gasteiger partial charge in [-0.2, -0.15) is 4.98 Å². The van der Waals surface area contributed by atoms with Gasteiger partial charge in [-0.15, -0.1) is 0 Å². The summed E-state index contributed by atoms with van der Waals surface area (Å²) < 4.78 is 21.9. The van der Waals surface area contributed by atoms with Gasteiger partial charge >= 0.3 is 0 Å². The molecule has 2 atom stereocenters. The maximum atomic E-state index is 13.5. The zero-order valence-corrected chi connectivity index (χ0v) is 15.9. The lowest BCUT2D eigenvalue weighted by Crippen LogP contribution is -2.22. The van der Waals surface area contributed by atoms with Crippen LogP contribution in [0.15, 0.2) is 58.0 Å². The van der Waals surface area contributed by atoms with Gasteiger partial charge in [0.25, 0.3) is 5.56 Å². The summed E-state index contributed by atoms with van der Waals surface area (Å²) in [4.78, 5) is 27.5. The van der Waals surface area contributed by atoms with Crippen molar-refractivity contribution in [3.63, 3.8) is 0 Å². The molecule has 1 aromatic carbocycles. The monoisotopic (exact) mass is 405 g/mol. The molecule has 4 heterocycles. The van der Waals surface area contributed by atoms with Gasteiger partial charge in [0.05, 0.1) is 12.2 Å². The fourth-order valence-electron chi connectivity index (χ4n) is 4.12. The summed E-state index contributed by atoms with van der Waals surface area (Å²) in [6.45, 7) is 0.902. The predicted octanol–water partition coefficient (Wildman–Crippen LogP) is 1.82. The highest BCUT2D eigenvalue weighted by Crippen LogP contribution is 2.56. The fourth-order valence-corrected chi connectivity index (χ4v) is 4.12. The van der Waals surface area contributed by atoms with Crippen LogP contribution in [0.1, 0.15) is 17.6 Å². The van der Waals surface area contributed by atoms with Crippen molar-refractivity contribution < 1.29 is 8.91 Å². The topological polar surface area (TPSA) is 94.9 Å². The zero-order chi connectivity index (χ0) is 20.4. The van der Waals surface area contributed by atoms with E-state index in [4.69, 9.17) is 4.52 Å². The molecule has 9 nitrogen and oxygen atoms in total. The van der Waals surface area contributed by atoms with E-state index in [1.165, 1.54) is 28.6 Å². The first-order valence-electron chi connectivity index (χ1n) is 9.51. The minimum Gasteiger partial charge on any atom is -0.347 e. The molecule has 0 spiro atoms. The van der Waals surface area contributed by atoms with E-state index in [1.54, 1.807) is 24.0 Å². The Labute approximate surface area is 169 Å². The lowest BCUT2D eigenvalue weighted by molar-refractivity contribution is 0.364. The number of nitrogens with zero attached hydrogens (tertiary/aromatic N) is 7. The zero-order valence-electron chi connectivity index (χ0n) is 15.9. The molecule has 0 bridgehead atoms. The van der Waals surface area contributed by atoms with Crippen LogP contribution in [0.4, 0.5) is 10.1 Å². The highest BCUT2D eigenvalue weighted by molar-refractivity contribution is 5.68. The lowest BCUT2D eigenvalue weighted by atomic mass is 10.2. The molecule has 0 amide bonds. The maximum Gasteiger partial charge on any atom is 0.280 e. The fraction of sp³-hybridized carbons (Fsp3) is 0.250. The van der Waals surface area contributed by atoms with Crippen molar-refractivity contribution in [1.29, 1.82) is 0 Å². The summed E-state index contributed by atoms with van der Waals surface area (Å²) in [7, 11) is 1.75. The number of benzene rings is 1. The van der Waals surface area contributed by atoms with Gasteiger partial charge in [0, 0.05) is 31.4 Å². The van der Waals surface area contributed by atoms with E-state index in [0.29, 0.717) is 28.8 Å². The molecule has 3 aromatic heterocycles. The van der Waals surface area contributed by atoms with Crippen molar-refractivity contribution in [2.75, 3.05) is 11.4 Å². The quantitative estimate of drug-likeness (QED) is 0.511. The van der Waals surface area contributed by atoms with Crippen molar-refractivity contribution in [3.8, 4) is 0 Å². The first-order chi connectivity index (χ1) is 14.6. The molecule has 1 saturated carbocycles. The van der Waals surface area contributed by atoms with Crippen LogP contribution >= 0.6 is 0 Å². The third kappa shape index (κ3) is 2.56. The SMILES string of the molecule is Cn1cnc2ncn(Cc3nc([C@H]4C5=CN(c6cccc(F)c6)C[C@@H]54)no3)c(=O)c21. The average molecular weight is 405 g/mol. The van der Waals surface area contributed by atoms with Gasteiger partial charge in [-0.25, -0.2) is 14.4 Å². The third-order valence-electron chi connectivity index (χ3n) is 5.69. The number of aryl methyl sites for hydroxylation is 1. The van der Waals surface area contributed by atoms with Gasteiger partial charge in [-0.3, -0.25) is 9.36 Å². The molecule has 0 radical (unpaired) electrons. The second-order valence-electron chi connectivity index (χ2n) is 7.60. The highest BCUT2D eigenvalue weighted by atomic mass is 19.1. The molecular weight excluding hydrogens is 389 g/mol. The molecule has 4 aromatic rings. The highest BCUT2D eigenvalue weighted by Gasteiger charge is 2.52. The van der Waals surface area contributed by atoms with Gasteiger partial charge < -0.3 is 14.0 Å². The lowest BCUT2D eigenvalue weighted by Gasteiger charge is -2.18. The molecular formula is C20H16FN7O2. The predicted molar refractivity (Wildman–Crippen MR) is 104 cm³/mol. The summed E-state index contributed by atoms with van der Waals surface area (Å²) in [5, 5.41) is 4.11. The maximum absolute atomic E-state index is 13.5. The average Bonchev–Trinajstić information content (AvgIpc) is 3.16. The van der Waals surface area contributed by atoms with Gasteiger partial charge in [-0.05, 0) is 23.8 Å². The number of fused-ring (bicyclic) bond motifs is 2. The number of halogens is 1. The number of rotatable bonds is 4. The van der Waals surface area contributed by atoms with Crippen LogP contribution < -0.4 is 10.5 Å². The van der Waals surface area contributed by atoms with Crippen LogP contribution in [0.25, 0.3) is 11.2 Å².